The van der Waals surface area contributed by atoms with E-state index in [2.05, 4.69) is 30.1 Å². The summed E-state index contributed by atoms with van der Waals surface area (Å²) in [6.07, 6.45) is -4.65. The predicted molar refractivity (Wildman–Crippen MR) is 109 cm³/mol. The molecule has 2 heterocycles. The maximum absolute atomic E-state index is 13.5. The molecule has 164 valence electrons. The van der Waals surface area contributed by atoms with Gasteiger partial charge in [0.25, 0.3) is 5.91 Å². The van der Waals surface area contributed by atoms with Gasteiger partial charge in [0, 0.05) is 20.1 Å². The van der Waals surface area contributed by atoms with Gasteiger partial charge in [-0.1, -0.05) is 19.6 Å². The number of fused-ring (bicyclic) bond motifs is 1. The molecule has 1 aliphatic rings. The molecule has 0 atom stereocenters. The second kappa shape index (κ2) is 7.38. The number of hydrogen-bond acceptors (Lipinski definition) is 4. The SMILES string of the molecule is CC1(C)NC(=O)N(c2ccc3c(C(F)(F)F)nn(COCC[Si](C)(C)C)c3c2)C1=O. The molecule has 0 radical (unpaired) electrons. The van der Waals surface area contributed by atoms with Crippen molar-refractivity contribution in [3.05, 3.63) is 23.9 Å². The van der Waals surface area contributed by atoms with E-state index >= 15 is 0 Å². The van der Waals surface area contributed by atoms with E-state index in [1.807, 2.05) is 0 Å². The highest BCUT2D eigenvalue weighted by Crippen LogP contribution is 2.36. The van der Waals surface area contributed by atoms with E-state index in [0.29, 0.717) is 6.61 Å². The Morgan fingerprint density at radius 2 is 1.87 bits per heavy atom. The van der Waals surface area contributed by atoms with Gasteiger partial charge in [-0.05, 0) is 38.1 Å². The van der Waals surface area contributed by atoms with Crippen molar-refractivity contribution < 1.29 is 27.5 Å². The first kappa shape index (κ1) is 22.3. The summed E-state index contributed by atoms with van der Waals surface area (Å²) in [6, 6.07) is 4.14. The van der Waals surface area contributed by atoms with Crippen molar-refractivity contribution in [2.45, 2.75) is 58.0 Å². The molecule has 1 fully saturated rings. The van der Waals surface area contributed by atoms with Crippen molar-refractivity contribution >= 4 is 36.6 Å². The van der Waals surface area contributed by atoms with E-state index in [-0.39, 0.29) is 23.3 Å². The lowest BCUT2D eigenvalue weighted by Gasteiger charge is -2.17. The number of alkyl halides is 3. The topological polar surface area (TPSA) is 76.5 Å². The molecule has 1 aromatic heterocycles. The minimum Gasteiger partial charge on any atom is -0.360 e. The van der Waals surface area contributed by atoms with E-state index in [0.717, 1.165) is 15.6 Å². The molecule has 0 aliphatic carbocycles. The van der Waals surface area contributed by atoms with E-state index in [4.69, 9.17) is 4.74 Å². The van der Waals surface area contributed by atoms with Crippen LogP contribution < -0.4 is 10.2 Å². The lowest BCUT2D eigenvalue weighted by atomic mass is 10.1. The van der Waals surface area contributed by atoms with Gasteiger partial charge in [0.15, 0.2) is 5.69 Å². The Kier molecular flexibility index (Phi) is 5.48. The Morgan fingerprint density at radius 3 is 2.40 bits per heavy atom. The van der Waals surface area contributed by atoms with Crippen LogP contribution in [0.4, 0.5) is 23.7 Å². The summed E-state index contributed by atoms with van der Waals surface area (Å²) in [5.74, 6) is -0.486. The van der Waals surface area contributed by atoms with Crippen LogP contribution in [-0.2, 0) is 22.4 Å². The summed E-state index contributed by atoms with van der Waals surface area (Å²) in [4.78, 5) is 25.7. The van der Waals surface area contributed by atoms with Gasteiger partial charge in [0.05, 0.1) is 11.2 Å². The number of aromatic nitrogens is 2. The third-order valence-electron chi connectivity index (χ3n) is 4.83. The number of nitrogens with one attached hydrogen (secondary N) is 1. The molecule has 7 nitrogen and oxygen atoms in total. The third-order valence-corrected chi connectivity index (χ3v) is 6.54. The number of anilines is 1. The van der Waals surface area contributed by atoms with Crippen LogP contribution in [0.25, 0.3) is 10.9 Å². The lowest BCUT2D eigenvalue weighted by molar-refractivity contribution is -0.140. The molecule has 1 saturated heterocycles. The molecule has 3 rings (SSSR count). The Bertz CT molecular complexity index is 995. The Balaban J connectivity index is 1.98. The molecule has 3 amide bonds. The average molecular weight is 443 g/mol. The summed E-state index contributed by atoms with van der Waals surface area (Å²) in [7, 11) is -1.35. The van der Waals surface area contributed by atoms with Crippen LogP contribution in [0.5, 0.6) is 0 Å². The van der Waals surface area contributed by atoms with Gasteiger partial charge in [-0.15, -0.1) is 0 Å². The molecule has 1 aliphatic heterocycles. The van der Waals surface area contributed by atoms with Crippen LogP contribution in [0.2, 0.25) is 25.7 Å². The zero-order valence-corrected chi connectivity index (χ0v) is 18.6. The summed E-state index contributed by atoms with van der Waals surface area (Å²) < 4.78 is 47.1. The highest BCUT2D eigenvalue weighted by molar-refractivity contribution is 6.76. The Hall–Kier alpha value is -2.40. The highest BCUT2D eigenvalue weighted by atomic mass is 28.3. The standard InChI is InChI=1S/C19H25F3N4O3Si/c1-18(2)16(27)26(17(28)23-18)12-6-7-13-14(10-12)25(24-15(13)19(20,21)22)11-29-8-9-30(3,4)5/h6-7,10H,8-9,11H2,1-5H3,(H,23,28). The molecular weight excluding hydrogens is 417 g/mol. The zero-order chi connectivity index (χ0) is 22.5. The van der Waals surface area contributed by atoms with Crippen LogP contribution >= 0.6 is 0 Å². The first-order valence-electron chi connectivity index (χ1n) is 9.53. The van der Waals surface area contributed by atoms with Crippen molar-refractivity contribution in [3.63, 3.8) is 0 Å². The van der Waals surface area contributed by atoms with Gasteiger partial charge in [-0.25, -0.2) is 14.4 Å². The number of halogens is 3. The molecule has 11 heteroatoms. The second-order valence-corrected chi connectivity index (χ2v) is 14.7. The van der Waals surface area contributed by atoms with Crippen LogP contribution in [0, 0.1) is 0 Å². The first-order valence-corrected chi connectivity index (χ1v) is 13.2. The van der Waals surface area contributed by atoms with Crippen molar-refractivity contribution in [1.82, 2.24) is 15.1 Å². The largest absolute Gasteiger partial charge is 0.435 e. The number of rotatable bonds is 6. The van der Waals surface area contributed by atoms with Gasteiger partial charge < -0.3 is 10.1 Å². The number of imide groups is 1. The van der Waals surface area contributed by atoms with Gasteiger partial charge >= 0.3 is 12.2 Å². The van der Waals surface area contributed by atoms with Crippen LogP contribution in [0.3, 0.4) is 0 Å². The van der Waals surface area contributed by atoms with E-state index in [1.165, 1.54) is 18.2 Å². The number of benzene rings is 1. The second-order valence-electron chi connectivity index (χ2n) is 9.09. The van der Waals surface area contributed by atoms with Crippen molar-refractivity contribution in [3.8, 4) is 0 Å². The smallest absolute Gasteiger partial charge is 0.360 e. The number of hydrogen-bond donors (Lipinski definition) is 1. The fourth-order valence-electron chi connectivity index (χ4n) is 3.12. The van der Waals surface area contributed by atoms with Crippen molar-refractivity contribution in [2.24, 2.45) is 0 Å². The van der Waals surface area contributed by atoms with Gasteiger partial charge in [-0.3, -0.25) is 4.79 Å². The van der Waals surface area contributed by atoms with Crippen molar-refractivity contribution in [1.29, 1.82) is 0 Å². The molecule has 0 saturated carbocycles. The van der Waals surface area contributed by atoms with Crippen molar-refractivity contribution in [2.75, 3.05) is 11.5 Å². The highest BCUT2D eigenvalue weighted by Gasteiger charge is 2.45. The van der Waals surface area contributed by atoms with E-state index < -0.39 is 37.4 Å². The quantitative estimate of drug-likeness (QED) is 0.413. The fourth-order valence-corrected chi connectivity index (χ4v) is 3.88. The summed E-state index contributed by atoms with van der Waals surface area (Å²) in [6.45, 7) is 9.90. The zero-order valence-electron chi connectivity index (χ0n) is 17.6. The minimum absolute atomic E-state index is 0.119. The van der Waals surface area contributed by atoms with Gasteiger partial charge in [-0.2, -0.15) is 18.3 Å². The minimum atomic E-state index is -4.65. The molecular formula is C19H25F3N4O3Si. The molecule has 2 aromatic rings. The maximum Gasteiger partial charge on any atom is 0.435 e. The van der Waals surface area contributed by atoms with E-state index in [1.54, 1.807) is 13.8 Å². The normalized spacial score (nSPS) is 17.1. The van der Waals surface area contributed by atoms with Gasteiger partial charge in [0.2, 0.25) is 0 Å². The van der Waals surface area contributed by atoms with Crippen LogP contribution in [-0.4, -0.2) is 41.9 Å². The fraction of sp³-hybridized carbons (Fsp3) is 0.526. The number of amides is 3. The molecule has 1 N–H and O–H groups in total. The number of ether oxygens (including phenoxy) is 1. The summed E-state index contributed by atoms with van der Waals surface area (Å²) >= 11 is 0. The number of urea groups is 1. The third kappa shape index (κ3) is 4.36. The molecule has 0 bridgehead atoms. The number of nitrogens with zero attached hydrogens (tertiary/aromatic N) is 3. The maximum atomic E-state index is 13.5. The average Bonchev–Trinajstić information content (AvgIpc) is 3.05. The van der Waals surface area contributed by atoms with Crippen LogP contribution in [0.15, 0.2) is 18.2 Å². The molecule has 0 unspecified atom stereocenters. The van der Waals surface area contributed by atoms with E-state index in [9.17, 15) is 22.8 Å². The summed E-state index contributed by atoms with van der Waals surface area (Å²) in [5.41, 5.74) is -1.82. The number of carbonyl (C=O) groups excluding carboxylic acids is 2. The monoisotopic (exact) mass is 442 g/mol. The summed E-state index contributed by atoms with van der Waals surface area (Å²) in [5, 5.41) is 6.14. The molecule has 1 aromatic carbocycles. The Morgan fingerprint density at radius 1 is 1.20 bits per heavy atom. The lowest BCUT2D eigenvalue weighted by Crippen LogP contribution is -2.40. The first-order chi connectivity index (χ1) is 13.7. The number of carbonyl (C=O) groups is 2. The van der Waals surface area contributed by atoms with Gasteiger partial charge in [0.1, 0.15) is 12.3 Å². The molecule has 30 heavy (non-hydrogen) atoms. The van der Waals surface area contributed by atoms with Crippen LogP contribution in [0.1, 0.15) is 19.5 Å². The Labute approximate surface area is 173 Å². The predicted octanol–water partition coefficient (Wildman–Crippen LogP) is 4.20. The molecule has 0 spiro atoms.